The number of benzene rings is 3. The Bertz CT molecular complexity index is 1750. The summed E-state index contributed by atoms with van der Waals surface area (Å²) in [5.74, 6) is -2.63. The topological polar surface area (TPSA) is 87.8 Å². The number of nitriles is 1. The Morgan fingerprint density at radius 3 is 2.51 bits per heavy atom. The van der Waals surface area contributed by atoms with Crippen LogP contribution in [0.5, 0.6) is 11.5 Å². The number of carbonyl (C=O) groups is 1. The number of hydrogen-bond donors (Lipinski definition) is 0. The van der Waals surface area contributed by atoms with Crippen LogP contribution in [-0.2, 0) is 6.61 Å². The molecule has 0 saturated heterocycles. The molecule has 2 aliphatic heterocycles. The minimum atomic E-state index is -1.09. The van der Waals surface area contributed by atoms with Crippen LogP contribution in [0.3, 0.4) is 0 Å². The minimum absolute atomic E-state index is 0.0164. The number of pyridine rings is 1. The van der Waals surface area contributed by atoms with Gasteiger partial charge in [-0.05, 0) is 23.3 Å². The molecule has 3 aromatic carbocycles. The van der Waals surface area contributed by atoms with Crippen molar-refractivity contribution < 1.29 is 23.0 Å². The van der Waals surface area contributed by atoms with Crippen molar-refractivity contribution in [2.75, 3.05) is 18.7 Å². The zero-order chi connectivity index (χ0) is 28.7. The quantitative estimate of drug-likeness (QED) is 0.369. The Morgan fingerprint density at radius 1 is 1.00 bits per heavy atom. The normalized spacial score (nSPS) is 17.8. The molecule has 0 aliphatic carbocycles. The van der Waals surface area contributed by atoms with Crippen LogP contribution in [0.1, 0.15) is 45.2 Å². The summed E-state index contributed by atoms with van der Waals surface area (Å²) in [5.41, 5.74) is 1.35. The molecule has 0 spiro atoms. The lowest BCUT2D eigenvalue weighted by molar-refractivity contribution is 0.0569. The molecule has 4 aromatic rings. The van der Waals surface area contributed by atoms with Gasteiger partial charge < -0.3 is 14.4 Å². The van der Waals surface area contributed by atoms with Gasteiger partial charge in [-0.3, -0.25) is 19.3 Å². The molecule has 206 valence electrons. The van der Waals surface area contributed by atoms with Crippen LogP contribution >= 0.6 is 0 Å². The maximum atomic E-state index is 14.8. The standard InChI is InChI=1S/C31H24F2N4O4/c1-35-27-12-14-40-26-16-24(33)23(32)15-22(26)28(21-10-6-5-9-20(21)17-34)37(27)36-13-11-25(38)30(29(36)31(35)39)41-18-19-7-3-2-4-8-19/h2-11,13,15-16,27-28H,12,14,18H2,1H3/t27-,28+/m0/s1. The van der Waals surface area contributed by atoms with Crippen LogP contribution in [0, 0.1) is 23.0 Å². The summed E-state index contributed by atoms with van der Waals surface area (Å²) in [6.45, 7) is 0.145. The van der Waals surface area contributed by atoms with Gasteiger partial charge in [0, 0.05) is 37.4 Å². The van der Waals surface area contributed by atoms with Crippen molar-refractivity contribution in [1.82, 2.24) is 9.58 Å². The third-order valence-corrected chi connectivity index (χ3v) is 7.41. The molecular weight excluding hydrogens is 530 g/mol. The maximum absolute atomic E-state index is 14.8. The van der Waals surface area contributed by atoms with Crippen molar-refractivity contribution in [3.8, 4) is 17.6 Å². The van der Waals surface area contributed by atoms with Gasteiger partial charge in [-0.1, -0.05) is 48.5 Å². The van der Waals surface area contributed by atoms with Gasteiger partial charge in [-0.2, -0.15) is 5.26 Å². The number of nitrogens with zero attached hydrogens (tertiary/aromatic N) is 4. The molecule has 0 saturated carbocycles. The van der Waals surface area contributed by atoms with E-state index >= 15 is 0 Å². The molecule has 3 heterocycles. The van der Waals surface area contributed by atoms with E-state index in [1.165, 1.54) is 21.8 Å². The van der Waals surface area contributed by atoms with Gasteiger partial charge in [0.15, 0.2) is 23.1 Å². The molecule has 1 aromatic heterocycles. The number of halogens is 2. The van der Waals surface area contributed by atoms with Gasteiger partial charge >= 0.3 is 0 Å². The van der Waals surface area contributed by atoms with E-state index < -0.39 is 35.2 Å². The molecule has 8 nitrogen and oxygen atoms in total. The SMILES string of the molecule is CN1C(=O)c2c(OCc3ccccc3)c(=O)ccn2N2[C@H](c3ccccc3C#N)c3cc(F)c(F)cc3OCC[C@@H]12. The molecule has 2 atom stereocenters. The van der Waals surface area contributed by atoms with Crippen molar-refractivity contribution in [3.05, 3.63) is 129 Å². The number of aromatic nitrogens is 1. The molecule has 6 rings (SSSR count). The summed E-state index contributed by atoms with van der Waals surface area (Å²) in [6.07, 6.45) is 1.12. The van der Waals surface area contributed by atoms with E-state index in [0.717, 1.165) is 17.7 Å². The summed E-state index contributed by atoms with van der Waals surface area (Å²) in [6, 6.07) is 20.6. The summed E-state index contributed by atoms with van der Waals surface area (Å²) in [4.78, 5) is 28.4. The van der Waals surface area contributed by atoms with Crippen LogP contribution < -0.4 is 19.9 Å². The van der Waals surface area contributed by atoms with E-state index in [4.69, 9.17) is 9.47 Å². The van der Waals surface area contributed by atoms with E-state index in [0.29, 0.717) is 11.1 Å². The Labute approximate surface area is 234 Å². The second-order valence-corrected chi connectivity index (χ2v) is 9.80. The van der Waals surface area contributed by atoms with Gasteiger partial charge in [0.1, 0.15) is 24.6 Å². The molecule has 0 bridgehead atoms. The Hall–Kier alpha value is -5.17. The summed E-state index contributed by atoms with van der Waals surface area (Å²) in [7, 11) is 1.60. The average Bonchev–Trinajstić information content (AvgIpc) is 2.98. The zero-order valence-electron chi connectivity index (χ0n) is 22.0. The number of amides is 1. The zero-order valence-corrected chi connectivity index (χ0v) is 22.0. The minimum Gasteiger partial charge on any atom is -0.493 e. The Balaban J connectivity index is 1.60. The lowest BCUT2D eigenvalue weighted by Crippen LogP contribution is -2.62. The Morgan fingerprint density at radius 2 is 1.73 bits per heavy atom. The average molecular weight is 555 g/mol. The van der Waals surface area contributed by atoms with Crippen molar-refractivity contribution >= 4 is 5.91 Å². The van der Waals surface area contributed by atoms with E-state index in [2.05, 4.69) is 6.07 Å². The first-order chi connectivity index (χ1) is 19.9. The predicted molar refractivity (Wildman–Crippen MR) is 145 cm³/mol. The van der Waals surface area contributed by atoms with Crippen LogP contribution in [-0.4, -0.2) is 35.3 Å². The van der Waals surface area contributed by atoms with Crippen molar-refractivity contribution in [2.24, 2.45) is 0 Å². The first kappa shape index (κ1) is 26.1. The van der Waals surface area contributed by atoms with Crippen molar-refractivity contribution in [3.63, 3.8) is 0 Å². The highest BCUT2D eigenvalue weighted by Crippen LogP contribution is 2.42. The fourth-order valence-corrected chi connectivity index (χ4v) is 5.46. The molecule has 0 radical (unpaired) electrons. The van der Waals surface area contributed by atoms with E-state index in [1.807, 2.05) is 30.3 Å². The molecule has 1 amide bonds. The summed E-state index contributed by atoms with van der Waals surface area (Å²) >= 11 is 0. The fraction of sp³-hybridized carbons (Fsp3) is 0.194. The number of fused-ring (bicyclic) bond motifs is 4. The second kappa shape index (κ2) is 10.4. The predicted octanol–water partition coefficient (Wildman–Crippen LogP) is 4.50. The molecule has 0 fully saturated rings. The van der Waals surface area contributed by atoms with Crippen LogP contribution in [0.4, 0.5) is 8.78 Å². The molecular formula is C31H24F2N4O4. The van der Waals surface area contributed by atoms with E-state index in [1.54, 1.807) is 36.3 Å². The maximum Gasteiger partial charge on any atom is 0.277 e. The first-order valence-electron chi connectivity index (χ1n) is 13.0. The summed E-state index contributed by atoms with van der Waals surface area (Å²) < 4.78 is 42.6. The summed E-state index contributed by atoms with van der Waals surface area (Å²) in [5, 5.41) is 11.8. The number of hydrogen-bond acceptors (Lipinski definition) is 6. The van der Waals surface area contributed by atoms with Crippen LogP contribution in [0.15, 0.2) is 83.8 Å². The smallest absolute Gasteiger partial charge is 0.277 e. The van der Waals surface area contributed by atoms with E-state index in [-0.39, 0.29) is 42.4 Å². The van der Waals surface area contributed by atoms with Gasteiger partial charge in [-0.15, -0.1) is 0 Å². The Kier molecular flexibility index (Phi) is 6.63. The largest absolute Gasteiger partial charge is 0.493 e. The first-order valence-corrected chi connectivity index (χ1v) is 13.0. The van der Waals surface area contributed by atoms with Gasteiger partial charge in [0.2, 0.25) is 5.43 Å². The molecule has 0 N–H and O–H groups in total. The highest BCUT2D eigenvalue weighted by molar-refractivity contribution is 5.96. The van der Waals surface area contributed by atoms with Gasteiger partial charge in [-0.25, -0.2) is 8.78 Å². The third kappa shape index (κ3) is 4.45. The fourth-order valence-electron chi connectivity index (χ4n) is 5.46. The molecule has 10 heteroatoms. The second-order valence-electron chi connectivity index (χ2n) is 9.80. The highest BCUT2D eigenvalue weighted by atomic mass is 19.2. The molecule has 0 unspecified atom stereocenters. The number of carbonyl (C=O) groups excluding carboxylic acids is 1. The number of rotatable bonds is 4. The van der Waals surface area contributed by atoms with E-state index in [9.17, 15) is 23.6 Å². The lowest BCUT2D eigenvalue weighted by atomic mass is 9.92. The van der Waals surface area contributed by atoms with Crippen LogP contribution in [0.2, 0.25) is 0 Å². The van der Waals surface area contributed by atoms with Gasteiger partial charge in [0.25, 0.3) is 5.91 Å². The van der Waals surface area contributed by atoms with Gasteiger partial charge in [0.05, 0.1) is 18.2 Å². The number of ether oxygens (including phenoxy) is 2. The van der Waals surface area contributed by atoms with Crippen molar-refractivity contribution in [1.29, 1.82) is 5.26 Å². The van der Waals surface area contributed by atoms with Crippen LogP contribution in [0.25, 0.3) is 0 Å². The molecule has 2 aliphatic rings. The lowest BCUT2D eigenvalue weighted by Gasteiger charge is -2.50. The highest BCUT2D eigenvalue weighted by Gasteiger charge is 2.44. The monoisotopic (exact) mass is 554 g/mol. The van der Waals surface area contributed by atoms with Crippen molar-refractivity contribution in [2.45, 2.75) is 25.2 Å². The third-order valence-electron chi connectivity index (χ3n) is 7.41. The molecule has 41 heavy (non-hydrogen) atoms.